The van der Waals surface area contributed by atoms with Gasteiger partial charge in [-0.25, -0.2) is 4.68 Å². The quantitative estimate of drug-likeness (QED) is 0.248. The molecule has 1 amide bonds. The third-order valence-electron chi connectivity index (χ3n) is 5.21. The average Bonchev–Trinajstić information content (AvgIpc) is 3.48. The molecule has 0 aliphatic carbocycles. The van der Waals surface area contributed by atoms with Crippen LogP contribution in [-0.2, 0) is 4.79 Å². The number of nitrogens with zero attached hydrogens (tertiary/aromatic N) is 5. The zero-order chi connectivity index (χ0) is 25.2. The number of carbonyl (C=O) groups is 1. The smallest absolute Gasteiger partial charge is 0.209 e. The van der Waals surface area contributed by atoms with Crippen LogP contribution in [0.15, 0.2) is 74.5 Å². The second-order valence-corrected chi connectivity index (χ2v) is 8.75. The Kier molecular flexibility index (Phi) is 9.43. The van der Waals surface area contributed by atoms with E-state index in [1.807, 2.05) is 41.4 Å². The van der Waals surface area contributed by atoms with Gasteiger partial charge in [-0.1, -0.05) is 30.3 Å². The van der Waals surface area contributed by atoms with E-state index in [0.29, 0.717) is 6.54 Å². The highest BCUT2D eigenvalue weighted by Crippen LogP contribution is 2.28. The van der Waals surface area contributed by atoms with Crippen molar-refractivity contribution in [2.45, 2.75) is 20.8 Å². The van der Waals surface area contributed by atoms with Gasteiger partial charge in [-0.3, -0.25) is 9.79 Å². The van der Waals surface area contributed by atoms with Crippen molar-refractivity contribution in [2.24, 2.45) is 10.1 Å². The molecule has 0 aliphatic rings. The number of anilines is 1. The number of amides is 1. The molecule has 35 heavy (non-hydrogen) atoms. The number of para-hydroxylation sites is 1. The number of carbonyl (C=O) groups excluding carboxylic acids is 1. The van der Waals surface area contributed by atoms with Crippen LogP contribution in [0, 0.1) is 0 Å². The fourth-order valence-corrected chi connectivity index (χ4v) is 4.30. The average molecular weight is 492 g/mol. The molecule has 0 bridgehead atoms. The lowest BCUT2D eigenvalue weighted by Crippen LogP contribution is -2.21. The molecule has 0 radical (unpaired) electrons. The van der Waals surface area contributed by atoms with Crippen LogP contribution in [0.1, 0.15) is 26.3 Å². The minimum Gasteiger partial charge on any atom is -0.454 e. The molecule has 2 heterocycles. The lowest BCUT2D eigenvalue weighted by Gasteiger charge is -2.20. The molecule has 0 saturated heterocycles. The first-order valence-corrected chi connectivity index (χ1v) is 12.6. The zero-order valence-electron chi connectivity index (χ0n) is 21.0. The number of rotatable bonds is 8. The molecule has 8 heteroatoms. The van der Waals surface area contributed by atoms with Gasteiger partial charge in [-0.05, 0) is 50.6 Å². The summed E-state index contributed by atoms with van der Waals surface area (Å²) in [5.74, 6) is 0.791. The van der Waals surface area contributed by atoms with E-state index in [0.717, 1.165) is 52.3 Å². The van der Waals surface area contributed by atoms with E-state index in [-0.39, 0.29) is 0 Å². The van der Waals surface area contributed by atoms with Gasteiger partial charge in [0.1, 0.15) is 11.3 Å². The maximum atomic E-state index is 9.43. The highest BCUT2D eigenvalue weighted by atomic mass is 32.1. The van der Waals surface area contributed by atoms with E-state index in [2.05, 4.69) is 60.1 Å². The Morgan fingerprint density at radius 1 is 1.03 bits per heavy atom. The first-order chi connectivity index (χ1) is 17.0. The number of hydrogen-bond acceptors (Lipinski definition) is 6. The van der Waals surface area contributed by atoms with Crippen LogP contribution in [0.3, 0.4) is 0 Å². The number of thiazole rings is 1. The van der Waals surface area contributed by atoms with Gasteiger partial charge in [0.2, 0.25) is 11.2 Å². The van der Waals surface area contributed by atoms with Crippen molar-refractivity contribution in [1.29, 1.82) is 0 Å². The molecule has 184 valence electrons. The van der Waals surface area contributed by atoms with Gasteiger partial charge >= 0.3 is 0 Å². The summed E-state index contributed by atoms with van der Waals surface area (Å²) in [6.07, 6.45) is 2.62. The summed E-state index contributed by atoms with van der Waals surface area (Å²) in [4.78, 5) is 18.6. The third-order valence-corrected chi connectivity index (χ3v) is 6.07. The van der Waals surface area contributed by atoms with Crippen LogP contribution in [-0.4, -0.2) is 55.9 Å². The maximum Gasteiger partial charge on any atom is 0.209 e. The Morgan fingerprint density at radius 3 is 2.31 bits per heavy atom. The third kappa shape index (κ3) is 6.70. The van der Waals surface area contributed by atoms with E-state index in [4.69, 9.17) is 9.52 Å². The summed E-state index contributed by atoms with van der Waals surface area (Å²) < 4.78 is 7.94. The minimum absolute atomic E-state index is 0.703. The first-order valence-electron chi connectivity index (χ1n) is 11.7. The van der Waals surface area contributed by atoms with Gasteiger partial charge in [-0.2, -0.15) is 5.10 Å². The lowest BCUT2D eigenvalue weighted by molar-refractivity contribution is -0.115. The number of furan rings is 1. The van der Waals surface area contributed by atoms with Gasteiger partial charge in [0.25, 0.3) is 0 Å². The second kappa shape index (κ2) is 12.7. The van der Waals surface area contributed by atoms with Crippen molar-refractivity contribution in [3.63, 3.8) is 0 Å². The standard InChI is InChI=1S/C24H26N4OS.C3H7NO/c1-4-25-24-28(26-16-18-11-13-20(14-12-18)27(5-2)6-3)21(17-30-24)23-15-19-9-7-8-10-22(19)29-23;1-4(2)3-5/h7-17H,4-6H2,1-3H3;3H,1-2H3. The van der Waals surface area contributed by atoms with E-state index in [9.17, 15) is 4.79 Å². The van der Waals surface area contributed by atoms with E-state index in [1.54, 1.807) is 25.4 Å². The van der Waals surface area contributed by atoms with E-state index < -0.39 is 0 Å². The Balaban J connectivity index is 0.000000623. The van der Waals surface area contributed by atoms with Crippen LogP contribution < -0.4 is 9.70 Å². The van der Waals surface area contributed by atoms with Crippen LogP contribution in [0.2, 0.25) is 0 Å². The first kappa shape index (κ1) is 26.0. The molecule has 0 fully saturated rings. The van der Waals surface area contributed by atoms with Crippen LogP contribution in [0.5, 0.6) is 0 Å². The van der Waals surface area contributed by atoms with Crippen molar-refractivity contribution in [3.8, 4) is 11.5 Å². The molecular weight excluding hydrogens is 458 g/mol. The van der Waals surface area contributed by atoms with Crippen molar-refractivity contribution in [1.82, 2.24) is 9.58 Å². The Hall–Kier alpha value is -3.65. The molecule has 0 N–H and O–H groups in total. The Labute approximate surface area is 210 Å². The van der Waals surface area contributed by atoms with E-state index >= 15 is 0 Å². The molecule has 0 aliphatic heterocycles. The monoisotopic (exact) mass is 491 g/mol. The normalized spacial score (nSPS) is 11.5. The predicted octanol–water partition coefficient (Wildman–Crippen LogP) is 5.32. The lowest BCUT2D eigenvalue weighted by atomic mass is 10.2. The predicted molar refractivity (Wildman–Crippen MR) is 146 cm³/mol. The van der Waals surface area contributed by atoms with Gasteiger partial charge in [-0.15, -0.1) is 11.3 Å². The molecule has 2 aromatic heterocycles. The summed E-state index contributed by atoms with van der Waals surface area (Å²) in [5.41, 5.74) is 4.04. The summed E-state index contributed by atoms with van der Waals surface area (Å²) >= 11 is 1.57. The summed E-state index contributed by atoms with van der Waals surface area (Å²) in [6.45, 7) is 9.07. The molecular formula is C27H33N5O2S. The van der Waals surface area contributed by atoms with Crippen LogP contribution >= 0.6 is 11.3 Å². The number of aromatic nitrogens is 1. The molecule has 0 atom stereocenters. The van der Waals surface area contributed by atoms with E-state index in [1.165, 1.54) is 10.6 Å². The SMILES string of the molecule is CCN=c1scc(-c2cc3ccccc3o2)n1N=Cc1ccc(N(CC)CC)cc1.CN(C)C=O. The summed E-state index contributed by atoms with van der Waals surface area (Å²) in [5, 5.41) is 7.88. The fourth-order valence-electron chi connectivity index (χ4n) is 3.42. The Bertz CT molecular complexity index is 1280. The molecule has 4 aromatic rings. The molecule has 4 rings (SSSR count). The highest BCUT2D eigenvalue weighted by Gasteiger charge is 2.12. The Morgan fingerprint density at radius 2 is 1.71 bits per heavy atom. The summed E-state index contributed by atoms with van der Waals surface area (Å²) in [7, 11) is 3.38. The second-order valence-electron chi connectivity index (χ2n) is 7.92. The van der Waals surface area contributed by atoms with Gasteiger partial charge in [0.05, 0.1) is 6.21 Å². The zero-order valence-corrected chi connectivity index (χ0v) is 21.8. The fraction of sp³-hybridized carbons (Fsp3) is 0.296. The van der Waals surface area contributed by atoms with Gasteiger partial charge in [0, 0.05) is 50.2 Å². The molecule has 0 spiro atoms. The van der Waals surface area contributed by atoms with Crippen molar-refractivity contribution < 1.29 is 9.21 Å². The highest BCUT2D eigenvalue weighted by molar-refractivity contribution is 7.07. The number of fused-ring (bicyclic) bond motifs is 1. The van der Waals surface area contributed by atoms with Crippen LogP contribution in [0.25, 0.3) is 22.4 Å². The molecule has 2 aromatic carbocycles. The van der Waals surface area contributed by atoms with Gasteiger partial charge < -0.3 is 14.2 Å². The minimum atomic E-state index is 0.703. The molecule has 0 saturated carbocycles. The number of hydrogen-bond donors (Lipinski definition) is 0. The maximum absolute atomic E-state index is 9.43. The summed E-state index contributed by atoms with van der Waals surface area (Å²) in [6, 6.07) is 18.6. The molecule has 0 unspecified atom stereocenters. The van der Waals surface area contributed by atoms with Crippen molar-refractivity contribution in [2.75, 3.05) is 38.6 Å². The van der Waals surface area contributed by atoms with Crippen LogP contribution in [0.4, 0.5) is 5.69 Å². The molecule has 7 nitrogen and oxygen atoms in total. The largest absolute Gasteiger partial charge is 0.454 e. The number of benzene rings is 2. The van der Waals surface area contributed by atoms with Gasteiger partial charge in [0.15, 0.2) is 5.76 Å². The van der Waals surface area contributed by atoms with Crippen molar-refractivity contribution >= 4 is 40.6 Å². The topological polar surface area (TPSA) is 66.3 Å². The van der Waals surface area contributed by atoms with Crippen molar-refractivity contribution in [3.05, 3.63) is 70.3 Å².